The van der Waals surface area contributed by atoms with Crippen LogP contribution in [0.25, 0.3) is 0 Å². The predicted octanol–water partition coefficient (Wildman–Crippen LogP) is 4.14. The Labute approximate surface area is 144 Å². The van der Waals surface area contributed by atoms with Crippen molar-refractivity contribution in [1.82, 2.24) is 10.2 Å². The minimum atomic E-state index is -0.428. The Morgan fingerprint density at radius 3 is 2.57 bits per heavy atom. The number of nitrogens with zero attached hydrogens (tertiary/aromatic N) is 1. The van der Waals surface area contributed by atoms with Gasteiger partial charge >= 0.3 is 6.09 Å². The number of nitrogens with one attached hydrogen (secondary N) is 1. The van der Waals surface area contributed by atoms with Crippen molar-refractivity contribution < 1.29 is 9.53 Å². The molecule has 2 rings (SSSR count). The number of amides is 1. The molecular weight excluding hydrogens is 308 g/mol. The van der Waals surface area contributed by atoms with Gasteiger partial charge in [-0.1, -0.05) is 20.8 Å². The number of carbonyl (C=O) groups is 1. The van der Waals surface area contributed by atoms with Crippen LogP contribution < -0.4 is 5.32 Å². The highest BCUT2D eigenvalue weighted by Gasteiger charge is 2.29. The van der Waals surface area contributed by atoms with Crippen LogP contribution in [0, 0.1) is 0 Å². The highest BCUT2D eigenvalue weighted by Crippen LogP contribution is 2.29. The van der Waals surface area contributed by atoms with Crippen LogP contribution >= 0.6 is 11.3 Å². The molecular formula is C18H30N2O2S. The summed E-state index contributed by atoms with van der Waals surface area (Å²) in [6, 6.07) is 4.78. The summed E-state index contributed by atoms with van der Waals surface area (Å²) in [6.45, 7) is 14.8. The fraction of sp³-hybridized carbons (Fsp3) is 0.722. The molecule has 1 unspecified atom stereocenters. The average molecular weight is 339 g/mol. The molecule has 2 heterocycles. The lowest BCUT2D eigenvalue weighted by Gasteiger charge is -2.24. The first-order chi connectivity index (χ1) is 10.5. The first-order valence-corrected chi connectivity index (χ1v) is 9.17. The normalized spacial score (nSPS) is 19.2. The number of likely N-dealkylation sites (tertiary alicyclic amines) is 1. The molecule has 23 heavy (non-hydrogen) atoms. The van der Waals surface area contributed by atoms with Crippen molar-refractivity contribution in [3.05, 3.63) is 21.9 Å². The first-order valence-electron chi connectivity index (χ1n) is 8.35. The molecule has 1 aliphatic heterocycles. The van der Waals surface area contributed by atoms with E-state index in [1.807, 2.05) is 32.1 Å². The van der Waals surface area contributed by atoms with Crippen LogP contribution in [0.15, 0.2) is 12.1 Å². The molecule has 0 spiro atoms. The molecule has 1 amide bonds. The molecule has 0 radical (unpaired) electrons. The Hall–Kier alpha value is -1.07. The Bertz CT molecular complexity index is 540. The van der Waals surface area contributed by atoms with Gasteiger partial charge in [0.15, 0.2) is 0 Å². The van der Waals surface area contributed by atoms with E-state index in [1.165, 1.54) is 9.75 Å². The lowest BCUT2D eigenvalue weighted by Crippen LogP contribution is -2.38. The molecule has 0 saturated carbocycles. The molecule has 130 valence electrons. The van der Waals surface area contributed by atoms with Gasteiger partial charge in [0.2, 0.25) is 0 Å². The molecule has 1 aromatic rings. The first kappa shape index (κ1) is 18.3. The van der Waals surface area contributed by atoms with Crippen molar-refractivity contribution in [3.63, 3.8) is 0 Å². The van der Waals surface area contributed by atoms with Gasteiger partial charge in [0, 0.05) is 35.4 Å². The number of ether oxygens (including phenoxy) is 1. The zero-order valence-electron chi connectivity index (χ0n) is 15.2. The summed E-state index contributed by atoms with van der Waals surface area (Å²) in [6.07, 6.45) is 0.782. The molecule has 0 aromatic carbocycles. The third kappa shape index (κ3) is 5.50. The van der Waals surface area contributed by atoms with Crippen molar-refractivity contribution >= 4 is 17.4 Å². The second-order valence-corrected chi connectivity index (χ2v) is 9.48. The number of hydrogen-bond acceptors (Lipinski definition) is 4. The van der Waals surface area contributed by atoms with Crippen LogP contribution in [0.1, 0.15) is 57.7 Å². The number of thiophene rings is 1. The van der Waals surface area contributed by atoms with Crippen molar-refractivity contribution in [2.45, 2.75) is 71.6 Å². The van der Waals surface area contributed by atoms with Crippen LogP contribution in [-0.4, -0.2) is 35.7 Å². The zero-order chi connectivity index (χ0) is 17.3. The summed E-state index contributed by atoms with van der Waals surface area (Å²) in [4.78, 5) is 16.6. The van der Waals surface area contributed by atoms with E-state index < -0.39 is 5.60 Å². The van der Waals surface area contributed by atoms with E-state index >= 15 is 0 Å². The second kappa shape index (κ2) is 6.81. The van der Waals surface area contributed by atoms with Gasteiger partial charge in [-0.25, -0.2) is 4.79 Å². The van der Waals surface area contributed by atoms with Gasteiger partial charge in [0.25, 0.3) is 0 Å². The van der Waals surface area contributed by atoms with Crippen molar-refractivity contribution in [2.24, 2.45) is 0 Å². The summed E-state index contributed by atoms with van der Waals surface area (Å²) < 4.78 is 5.43. The average Bonchev–Trinajstić information content (AvgIpc) is 3.03. The molecule has 1 atom stereocenters. The summed E-state index contributed by atoms with van der Waals surface area (Å²) in [5.41, 5.74) is -0.216. The fourth-order valence-corrected chi connectivity index (χ4v) is 3.56. The minimum absolute atomic E-state index is 0.201. The van der Waals surface area contributed by atoms with E-state index in [2.05, 4.69) is 38.2 Å². The fourth-order valence-electron chi connectivity index (χ4n) is 2.54. The highest BCUT2D eigenvalue weighted by molar-refractivity contribution is 7.12. The third-order valence-electron chi connectivity index (χ3n) is 3.81. The lowest BCUT2D eigenvalue weighted by molar-refractivity contribution is 0.0291. The van der Waals surface area contributed by atoms with Gasteiger partial charge in [-0.2, -0.15) is 0 Å². The Morgan fingerprint density at radius 1 is 1.30 bits per heavy atom. The van der Waals surface area contributed by atoms with Crippen LogP contribution in [0.4, 0.5) is 4.79 Å². The maximum Gasteiger partial charge on any atom is 0.410 e. The maximum atomic E-state index is 12.1. The van der Waals surface area contributed by atoms with Gasteiger partial charge in [-0.15, -0.1) is 11.3 Å². The van der Waals surface area contributed by atoms with E-state index in [9.17, 15) is 4.79 Å². The quantitative estimate of drug-likeness (QED) is 0.900. The van der Waals surface area contributed by atoms with Crippen molar-refractivity contribution in [2.75, 3.05) is 13.1 Å². The van der Waals surface area contributed by atoms with Gasteiger partial charge in [-0.05, 0) is 44.7 Å². The van der Waals surface area contributed by atoms with Gasteiger partial charge in [-0.3, -0.25) is 0 Å². The largest absolute Gasteiger partial charge is 0.444 e. The molecule has 4 nitrogen and oxygen atoms in total. The molecule has 1 aliphatic rings. The molecule has 1 saturated heterocycles. The van der Waals surface area contributed by atoms with Crippen LogP contribution in [0.2, 0.25) is 0 Å². The Kier molecular flexibility index (Phi) is 5.41. The molecule has 0 bridgehead atoms. The summed E-state index contributed by atoms with van der Waals surface area (Å²) in [5.74, 6) is 0. The zero-order valence-corrected chi connectivity index (χ0v) is 16.0. The second-order valence-electron chi connectivity index (χ2n) is 8.31. The van der Waals surface area contributed by atoms with E-state index in [0.29, 0.717) is 6.04 Å². The molecule has 1 fully saturated rings. The Morgan fingerprint density at radius 2 is 2.00 bits per heavy atom. The van der Waals surface area contributed by atoms with Gasteiger partial charge < -0.3 is 15.0 Å². The van der Waals surface area contributed by atoms with Crippen molar-refractivity contribution in [1.29, 1.82) is 0 Å². The minimum Gasteiger partial charge on any atom is -0.444 e. The van der Waals surface area contributed by atoms with Crippen LogP contribution in [0.3, 0.4) is 0 Å². The topological polar surface area (TPSA) is 41.6 Å². The monoisotopic (exact) mass is 338 g/mol. The molecule has 1 aromatic heterocycles. The predicted molar refractivity (Wildman–Crippen MR) is 96.1 cm³/mol. The standard InChI is InChI=1S/C18H30N2O2S/c1-17(2,3)15-8-7-14(23-15)11-19-13-9-10-20(12-13)16(21)22-18(4,5)6/h7-8,13,19H,9-12H2,1-6H3. The maximum absolute atomic E-state index is 12.1. The highest BCUT2D eigenvalue weighted by atomic mass is 32.1. The van der Waals surface area contributed by atoms with Crippen LogP contribution in [0.5, 0.6) is 0 Å². The van der Waals surface area contributed by atoms with Gasteiger partial charge in [0.1, 0.15) is 5.60 Å². The smallest absolute Gasteiger partial charge is 0.410 e. The SMILES string of the molecule is CC(C)(C)OC(=O)N1CCC(NCc2ccc(C(C)(C)C)s2)C1. The molecule has 5 heteroatoms. The van der Waals surface area contributed by atoms with E-state index in [4.69, 9.17) is 4.74 Å². The molecule has 0 aliphatic carbocycles. The van der Waals surface area contributed by atoms with Gasteiger partial charge in [0.05, 0.1) is 0 Å². The van der Waals surface area contributed by atoms with Crippen LogP contribution in [-0.2, 0) is 16.7 Å². The number of rotatable bonds is 3. The van der Waals surface area contributed by atoms with Crippen molar-refractivity contribution in [3.8, 4) is 0 Å². The lowest BCUT2D eigenvalue weighted by atomic mass is 9.95. The summed E-state index contributed by atoms with van der Waals surface area (Å²) in [7, 11) is 0. The number of hydrogen-bond donors (Lipinski definition) is 1. The summed E-state index contributed by atoms with van der Waals surface area (Å²) in [5, 5.41) is 3.57. The number of carbonyl (C=O) groups excluding carboxylic acids is 1. The third-order valence-corrected chi connectivity index (χ3v) is 5.32. The van der Waals surface area contributed by atoms with E-state index in [1.54, 1.807) is 4.90 Å². The van der Waals surface area contributed by atoms with E-state index in [-0.39, 0.29) is 11.5 Å². The molecule has 1 N–H and O–H groups in total. The Balaban J connectivity index is 1.80. The van der Waals surface area contributed by atoms with E-state index in [0.717, 1.165) is 26.1 Å². The summed E-state index contributed by atoms with van der Waals surface area (Å²) >= 11 is 1.87.